The molecule has 0 saturated carbocycles. The van der Waals surface area contributed by atoms with E-state index in [0.717, 1.165) is 12.8 Å². The van der Waals surface area contributed by atoms with E-state index in [1.54, 1.807) is 0 Å². The van der Waals surface area contributed by atoms with Gasteiger partial charge >= 0.3 is 0 Å². The second-order valence-electron chi connectivity index (χ2n) is 8.36. The lowest BCUT2D eigenvalue weighted by molar-refractivity contribution is 0.464. The Morgan fingerprint density at radius 2 is 1.00 bits per heavy atom. The molecule has 0 aliphatic rings. The van der Waals surface area contributed by atoms with E-state index in [1.165, 1.54) is 114 Å². The molecular weight excluding hydrogens is 328 g/mol. The van der Waals surface area contributed by atoms with Crippen LogP contribution in [0.4, 0.5) is 0 Å². The molecule has 1 N–H and O–H groups in total. The van der Waals surface area contributed by atoms with E-state index in [2.05, 4.69) is 19.9 Å². The number of benzene rings is 1. The van der Waals surface area contributed by atoms with Crippen LogP contribution in [0.3, 0.4) is 0 Å². The lowest BCUT2D eigenvalue weighted by Gasteiger charge is -2.12. The number of hydrogen-bond donors (Lipinski definition) is 1. The van der Waals surface area contributed by atoms with Crippen molar-refractivity contribution in [2.45, 2.75) is 129 Å². The third kappa shape index (κ3) is 12.2. The highest BCUT2D eigenvalue weighted by Gasteiger charge is 2.07. The standard InChI is InChI=1S/C26H46O/c1-3-5-7-9-11-12-13-14-15-17-20-24-21-19-23-26(27)25(24)22-18-16-10-8-6-4-2/h19,21,23,27H,3-18,20,22H2,1-2H3. The lowest BCUT2D eigenvalue weighted by atomic mass is 9.95. The molecule has 0 unspecified atom stereocenters. The van der Waals surface area contributed by atoms with E-state index in [0.29, 0.717) is 5.75 Å². The van der Waals surface area contributed by atoms with Crippen LogP contribution < -0.4 is 0 Å². The molecular formula is C26H46O. The molecule has 0 heterocycles. The van der Waals surface area contributed by atoms with Gasteiger partial charge in [0.2, 0.25) is 0 Å². The molecule has 0 aliphatic carbocycles. The molecule has 1 heteroatoms. The van der Waals surface area contributed by atoms with Gasteiger partial charge in [-0.1, -0.05) is 116 Å². The summed E-state index contributed by atoms with van der Waals surface area (Å²) in [6.45, 7) is 4.55. The summed E-state index contributed by atoms with van der Waals surface area (Å²) in [5.41, 5.74) is 2.62. The van der Waals surface area contributed by atoms with Gasteiger partial charge in [-0.3, -0.25) is 0 Å². The first-order valence-corrected chi connectivity index (χ1v) is 12.1. The van der Waals surface area contributed by atoms with E-state index >= 15 is 0 Å². The molecule has 0 saturated heterocycles. The Morgan fingerprint density at radius 1 is 0.556 bits per heavy atom. The molecule has 0 amide bonds. The van der Waals surface area contributed by atoms with E-state index < -0.39 is 0 Å². The summed E-state index contributed by atoms with van der Waals surface area (Å²) in [4.78, 5) is 0. The Kier molecular flexibility index (Phi) is 15.3. The van der Waals surface area contributed by atoms with Crippen LogP contribution in [0, 0.1) is 0 Å². The summed E-state index contributed by atoms with van der Waals surface area (Å²) in [6, 6.07) is 6.13. The average molecular weight is 375 g/mol. The van der Waals surface area contributed by atoms with Gasteiger partial charge < -0.3 is 5.11 Å². The van der Waals surface area contributed by atoms with Gasteiger partial charge in [-0.15, -0.1) is 0 Å². The van der Waals surface area contributed by atoms with Gasteiger partial charge in [0.1, 0.15) is 5.75 Å². The minimum Gasteiger partial charge on any atom is -0.508 e. The zero-order valence-electron chi connectivity index (χ0n) is 18.4. The van der Waals surface area contributed by atoms with Gasteiger partial charge in [0.05, 0.1) is 0 Å². The second-order valence-corrected chi connectivity index (χ2v) is 8.36. The Hall–Kier alpha value is -0.980. The van der Waals surface area contributed by atoms with Gasteiger partial charge in [-0.05, 0) is 42.9 Å². The number of hydrogen-bond acceptors (Lipinski definition) is 1. The zero-order chi connectivity index (χ0) is 19.6. The summed E-state index contributed by atoms with van der Waals surface area (Å²) < 4.78 is 0. The van der Waals surface area contributed by atoms with Crippen molar-refractivity contribution in [2.24, 2.45) is 0 Å². The summed E-state index contributed by atoms with van der Waals surface area (Å²) in [5, 5.41) is 10.3. The van der Waals surface area contributed by atoms with Crippen LogP contribution in [0.25, 0.3) is 0 Å². The molecule has 1 aromatic carbocycles. The van der Waals surface area contributed by atoms with Crippen LogP contribution in [0.5, 0.6) is 5.75 Å². The van der Waals surface area contributed by atoms with Gasteiger partial charge in [-0.2, -0.15) is 0 Å². The van der Waals surface area contributed by atoms with Gasteiger partial charge in [-0.25, -0.2) is 0 Å². The highest BCUT2D eigenvalue weighted by Crippen LogP contribution is 2.25. The highest BCUT2D eigenvalue weighted by molar-refractivity contribution is 5.39. The first kappa shape index (κ1) is 24.1. The fourth-order valence-electron chi connectivity index (χ4n) is 4.03. The molecule has 1 rings (SSSR count). The predicted octanol–water partition coefficient (Wildman–Crippen LogP) is 8.76. The van der Waals surface area contributed by atoms with Crippen LogP contribution in [-0.4, -0.2) is 5.11 Å². The molecule has 0 aromatic heterocycles. The highest BCUT2D eigenvalue weighted by atomic mass is 16.3. The van der Waals surface area contributed by atoms with Crippen molar-refractivity contribution in [1.29, 1.82) is 0 Å². The summed E-state index contributed by atoms with van der Waals surface area (Å²) in [6.07, 6.45) is 23.9. The van der Waals surface area contributed by atoms with Gasteiger partial charge in [0.15, 0.2) is 0 Å². The number of rotatable bonds is 18. The Morgan fingerprint density at radius 3 is 1.52 bits per heavy atom. The Balaban J connectivity index is 2.17. The number of aromatic hydroxyl groups is 1. The maximum absolute atomic E-state index is 10.3. The van der Waals surface area contributed by atoms with Gasteiger partial charge in [0, 0.05) is 0 Å². The predicted molar refractivity (Wildman–Crippen MR) is 121 cm³/mol. The molecule has 0 bridgehead atoms. The van der Waals surface area contributed by atoms with Crippen LogP contribution in [0.15, 0.2) is 18.2 Å². The van der Waals surface area contributed by atoms with Crippen molar-refractivity contribution in [2.75, 3.05) is 0 Å². The second kappa shape index (κ2) is 17.1. The van der Waals surface area contributed by atoms with E-state index in [9.17, 15) is 5.11 Å². The molecule has 27 heavy (non-hydrogen) atoms. The third-order valence-electron chi connectivity index (χ3n) is 5.83. The van der Waals surface area contributed by atoms with Crippen molar-refractivity contribution >= 4 is 0 Å². The monoisotopic (exact) mass is 374 g/mol. The molecule has 0 spiro atoms. The maximum Gasteiger partial charge on any atom is 0.119 e. The topological polar surface area (TPSA) is 20.2 Å². The molecule has 1 nitrogen and oxygen atoms in total. The Labute approximate surface area is 170 Å². The van der Waals surface area contributed by atoms with E-state index in [4.69, 9.17) is 0 Å². The fraction of sp³-hybridized carbons (Fsp3) is 0.769. The first-order chi connectivity index (χ1) is 13.3. The molecule has 1 aromatic rings. The fourth-order valence-corrected chi connectivity index (χ4v) is 4.03. The number of phenols is 1. The summed E-state index contributed by atoms with van der Waals surface area (Å²) in [5.74, 6) is 0.521. The molecule has 0 aliphatic heterocycles. The summed E-state index contributed by atoms with van der Waals surface area (Å²) in [7, 11) is 0. The number of unbranched alkanes of at least 4 members (excludes halogenated alkanes) is 14. The smallest absolute Gasteiger partial charge is 0.119 e. The van der Waals surface area contributed by atoms with Crippen LogP contribution in [-0.2, 0) is 12.8 Å². The van der Waals surface area contributed by atoms with Crippen LogP contribution >= 0.6 is 0 Å². The number of aryl methyl sites for hydroxylation is 1. The summed E-state index contributed by atoms with van der Waals surface area (Å²) >= 11 is 0. The minimum absolute atomic E-state index is 0.521. The maximum atomic E-state index is 10.3. The molecule has 0 fully saturated rings. The van der Waals surface area contributed by atoms with Crippen LogP contribution in [0.1, 0.15) is 128 Å². The largest absolute Gasteiger partial charge is 0.508 e. The molecule has 0 radical (unpaired) electrons. The minimum atomic E-state index is 0.521. The first-order valence-electron chi connectivity index (χ1n) is 12.1. The van der Waals surface area contributed by atoms with Crippen molar-refractivity contribution in [3.05, 3.63) is 29.3 Å². The third-order valence-corrected chi connectivity index (χ3v) is 5.83. The normalized spacial score (nSPS) is 11.2. The Bertz CT molecular complexity index is 452. The molecule has 0 atom stereocenters. The van der Waals surface area contributed by atoms with Crippen molar-refractivity contribution < 1.29 is 5.11 Å². The van der Waals surface area contributed by atoms with Crippen molar-refractivity contribution in [1.82, 2.24) is 0 Å². The average Bonchev–Trinajstić information content (AvgIpc) is 2.67. The van der Waals surface area contributed by atoms with E-state index in [1.807, 2.05) is 12.1 Å². The SMILES string of the molecule is CCCCCCCCCCCCc1cccc(O)c1CCCCCCCC. The molecule has 156 valence electrons. The zero-order valence-corrected chi connectivity index (χ0v) is 18.4. The van der Waals surface area contributed by atoms with Crippen molar-refractivity contribution in [3.63, 3.8) is 0 Å². The number of phenolic OH excluding ortho intramolecular Hbond substituents is 1. The van der Waals surface area contributed by atoms with Gasteiger partial charge in [0.25, 0.3) is 0 Å². The lowest BCUT2D eigenvalue weighted by Crippen LogP contribution is -1.96. The van der Waals surface area contributed by atoms with Crippen LogP contribution in [0.2, 0.25) is 0 Å². The van der Waals surface area contributed by atoms with Crippen molar-refractivity contribution in [3.8, 4) is 5.75 Å². The quantitative estimate of drug-likeness (QED) is 0.255. The van der Waals surface area contributed by atoms with E-state index in [-0.39, 0.29) is 0 Å².